The molecule has 1 aliphatic rings. The van der Waals surface area contributed by atoms with Crippen LogP contribution in [0.25, 0.3) is 10.9 Å². The van der Waals surface area contributed by atoms with E-state index in [0.717, 1.165) is 30.7 Å². The minimum atomic E-state index is -4.38. The molecule has 134 valence electrons. The number of hydrogen-bond acceptors (Lipinski definition) is 3. The molecule has 0 saturated carbocycles. The molecular weight excluding hydrogens is 331 g/mol. The van der Waals surface area contributed by atoms with Crippen LogP contribution in [-0.2, 0) is 11.0 Å². The van der Waals surface area contributed by atoms with E-state index in [2.05, 4.69) is 9.88 Å². The Bertz CT molecular complexity index is 781. The highest BCUT2D eigenvalue weighted by Gasteiger charge is 2.31. The van der Waals surface area contributed by atoms with E-state index in [-0.39, 0.29) is 11.8 Å². The Balaban J connectivity index is 1.84. The average molecular weight is 351 g/mol. The molecule has 1 saturated heterocycles. The van der Waals surface area contributed by atoms with Crippen molar-refractivity contribution < 1.29 is 18.0 Å². The van der Waals surface area contributed by atoms with Crippen LogP contribution in [0.4, 0.5) is 18.9 Å². The van der Waals surface area contributed by atoms with Gasteiger partial charge in [0.25, 0.3) is 0 Å². The zero-order valence-corrected chi connectivity index (χ0v) is 14.2. The number of hydrogen-bond donors (Lipinski definition) is 0. The fraction of sp³-hybridized carbons (Fsp3) is 0.444. The smallest absolute Gasteiger partial charge is 0.371 e. The standard InChI is InChI=1S/C18H20F3N3O/c1-23(2)17(25)12-6-9-24(10-7-12)16-5-8-22-15-11-13(18(19,20)21)3-4-14(15)16/h3-5,8,11-12H,6-7,9-10H2,1-2H3. The summed E-state index contributed by atoms with van der Waals surface area (Å²) in [6.07, 6.45) is -1.37. The number of aromatic nitrogens is 1. The maximum Gasteiger partial charge on any atom is 0.416 e. The van der Waals surface area contributed by atoms with Gasteiger partial charge in [0.05, 0.1) is 11.1 Å². The Morgan fingerprint density at radius 2 is 1.88 bits per heavy atom. The van der Waals surface area contributed by atoms with E-state index < -0.39 is 11.7 Å². The molecule has 0 aliphatic carbocycles. The summed E-state index contributed by atoms with van der Waals surface area (Å²) in [5.41, 5.74) is 0.508. The van der Waals surface area contributed by atoms with Gasteiger partial charge in [0.2, 0.25) is 5.91 Å². The lowest BCUT2D eigenvalue weighted by molar-refractivity contribution is -0.137. The third-order valence-corrected chi connectivity index (χ3v) is 4.67. The van der Waals surface area contributed by atoms with Gasteiger partial charge in [0.15, 0.2) is 0 Å². The van der Waals surface area contributed by atoms with Gasteiger partial charge < -0.3 is 9.80 Å². The summed E-state index contributed by atoms with van der Waals surface area (Å²) in [6.45, 7) is 1.40. The molecule has 2 heterocycles. The quantitative estimate of drug-likeness (QED) is 0.830. The van der Waals surface area contributed by atoms with E-state index in [1.165, 1.54) is 12.3 Å². The van der Waals surface area contributed by atoms with Crippen molar-refractivity contribution in [3.63, 3.8) is 0 Å². The summed E-state index contributed by atoms with van der Waals surface area (Å²) in [5, 5.41) is 0.702. The van der Waals surface area contributed by atoms with E-state index in [9.17, 15) is 18.0 Å². The van der Waals surface area contributed by atoms with Crippen LogP contribution in [-0.4, -0.2) is 43.0 Å². The SMILES string of the molecule is CN(C)C(=O)C1CCN(c2ccnc3cc(C(F)(F)F)ccc23)CC1. The van der Waals surface area contributed by atoms with Crippen LogP contribution in [0.1, 0.15) is 18.4 Å². The summed E-state index contributed by atoms with van der Waals surface area (Å²) in [5.74, 6) is 0.144. The maximum absolute atomic E-state index is 12.9. The molecule has 1 amide bonds. The Morgan fingerprint density at radius 1 is 1.20 bits per heavy atom. The lowest BCUT2D eigenvalue weighted by Crippen LogP contribution is -2.40. The number of nitrogens with zero attached hydrogens (tertiary/aromatic N) is 3. The fourth-order valence-corrected chi connectivity index (χ4v) is 3.32. The third-order valence-electron chi connectivity index (χ3n) is 4.67. The number of benzene rings is 1. The molecule has 25 heavy (non-hydrogen) atoms. The number of fused-ring (bicyclic) bond motifs is 1. The van der Waals surface area contributed by atoms with E-state index in [1.807, 2.05) is 6.07 Å². The van der Waals surface area contributed by atoms with Gasteiger partial charge in [-0.2, -0.15) is 13.2 Å². The molecule has 3 rings (SSSR count). The molecule has 1 fully saturated rings. The highest BCUT2D eigenvalue weighted by molar-refractivity contribution is 5.92. The van der Waals surface area contributed by atoms with Gasteiger partial charge in [-0.05, 0) is 31.0 Å². The monoisotopic (exact) mass is 351 g/mol. The molecule has 1 aromatic heterocycles. The van der Waals surface area contributed by atoms with Crippen LogP contribution >= 0.6 is 0 Å². The number of rotatable bonds is 2. The number of piperidine rings is 1. The second kappa shape index (κ2) is 6.54. The number of alkyl halides is 3. The minimum Gasteiger partial charge on any atom is -0.371 e. The predicted molar refractivity (Wildman–Crippen MR) is 90.4 cm³/mol. The maximum atomic E-state index is 12.9. The van der Waals surface area contributed by atoms with Gasteiger partial charge in [-0.1, -0.05) is 6.07 Å². The van der Waals surface area contributed by atoms with Crippen molar-refractivity contribution in [1.29, 1.82) is 0 Å². The number of amides is 1. The Kier molecular flexibility index (Phi) is 4.58. The first kappa shape index (κ1) is 17.5. The van der Waals surface area contributed by atoms with Crippen LogP contribution in [0.3, 0.4) is 0 Å². The Labute approximate surface area is 144 Å². The van der Waals surface area contributed by atoms with Gasteiger partial charge in [-0.15, -0.1) is 0 Å². The highest BCUT2D eigenvalue weighted by Crippen LogP contribution is 2.34. The van der Waals surface area contributed by atoms with Crippen molar-refractivity contribution in [3.05, 3.63) is 36.0 Å². The van der Waals surface area contributed by atoms with Crippen LogP contribution in [0.2, 0.25) is 0 Å². The normalized spacial score (nSPS) is 16.3. The zero-order chi connectivity index (χ0) is 18.2. The summed E-state index contributed by atoms with van der Waals surface area (Å²) >= 11 is 0. The first-order valence-corrected chi connectivity index (χ1v) is 8.19. The molecular formula is C18H20F3N3O. The summed E-state index contributed by atoms with van der Waals surface area (Å²) in [7, 11) is 3.51. The molecule has 7 heteroatoms. The second-order valence-corrected chi connectivity index (χ2v) is 6.55. The van der Waals surface area contributed by atoms with Crippen molar-refractivity contribution in [3.8, 4) is 0 Å². The lowest BCUT2D eigenvalue weighted by Gasteiger charge is -2.34. The van der Waals surface area contributed by atoms with Crippen molar-refractivity contribution in [2.24, 2.45) is 5.92 Å². The van der Waals surface area contributed by atoms with E-state index >= 15 is 0 Å². The molecule has 1 aliphatic heterocycles. The van der Waals surface area contributed by atoms with Gasteiger partial charge in [-0.25, -0.2) is 0 Å². The first-order chi connectivity index (χ1) is 11.8. The first-order valence-electron chi connectivity index (χ1n) is 8.19. The summed E-state index contributed by atoms with van der Waals surface area (Å²) in [6, 6.07) is 5.48. The van der Waals surface area contributed by atoms with Gasteiger partial charge in [0.1, 0.15) is 0 Å². The molecule has 2 aromatic rings. The van der Waals surface area contributed by atoms with Gasteiger partial charge >= 0.3 is 6.18 Å². The van der Waals surface area contributed by atoms with Crippen LogP contribution in [0.5, 0.6) is 0 Å². The van der Waals surface area contributed by atoms with Gasteiger partial charge in [-0.3, -0.25) is 9.78 Å². The summed E-state index contributed by atoms with van der Waals surface area (Å²) < 4.78 is 38.6. The fourth-order valence-electron chi connectivity index (χ4n) is 3.32. The van der Waals surface area contributed by atoms with Crippen molar-refractivity contribution in [1.82, 2.24) is 9.88 Å². The van der Waals surface area contributed by atoms with Gasteiger partial charge in [0, 0.05) is 50.4 Å². The second-order valence-electron chi connectivity index (χ2n) is 6.55. The zero-order valence-electron chi connectivity index (χ0n) is 14.2. The molecule has 0 bridgehead atoms. The number of carbonyl (C=O) groups excluding carboxylic acids is 1. The Hall–Kier alpha value is -2.31. The van der Waals surface area contributed by atoms with Crippen molar-refractivity contribution in [2.75, 3.05) is 32.1 Å². The van der Waals surface area contributed by atoms with Crippen molar-refractivity contribution >= 4 is 22.5 Å². The van der Waals surface area contributed by atoms with Crippen LogP contribution < -0.4 is 4.90 Å². The van der Waals surface area contributed by atoms with Crippen LogP contribution in [0, 0.1) is 5.92 Å². The van der Waals surface area contributed by atoms with Crippen LogP contribution in [0.15, 0.2) is 30.5 Å². The van der Waals surface area contributed by atoms with E-state index in [1.54, 1.807) is 19.0 Å². The molecule has 0 atom stereocenters. The molecule has 0 radical (unpaired) electrons. The number of anilines is 1. The molecule has 1 aromatic carbocycles. The number of halogens is 3. The largest absolute Gasteiger partial charge is 0.416 e. The summed E-state index contributed by atoms with van der Waals surface area (Å²) in [4.78, 5) is 19.9. The molecule has 0 unspecified atom stereocenters. The highest BCUT2D eigenvalue weighted by atomic mass is 19.4. The molecule has 0 N–H and O–H groups in total. The lowest BCUT2D eigenvalue weighted by atomic mass is 9.95. The predicted octanol–water partition coefficient (Wildman–Crippen LogP) is 3.56. The molecule has 4 nitrogen and oxygen atoms in total. The minimum absolute atomic E-state index is 0.0104. The van der Waals surface area contributed by atoms with Crippen molar-refractivity contribution in [2.45, 2.75) is 19.0 Å². The van der Waals surface area contributed by atoms with E-state index in [4.69, 9.17) is 0 Å². The average Bonchev–Trinajstić information content (AvgIpc) is 2.59. The third kappa shape index (κ3) is 3.55. The molecule has 0 spiro atoms. The Morgan fingerprint density at radius 3 is 2.48 bits per heavy atom. The topological polar surface area (TPSA) is 36.4 Å². The van der Waals surface area contributed by atoms with E-state index in [0.29, 0.717) is 24.0 Å². The number of pyridine rings is 1. The number of carbonyl (C=O) groups is 1.